The van der Waals surface area contributed by atoms with E-state index in [1.807, 2.05) is 13.8 Å². The fraction of sp³-hybridized carbons (Fsp3) is 0.267. The molecule has 7 heteroatoms. The van der Waals surface area contributed by atoms with E-state index >= 15 is 0 Å². The number of pyridine rings is 1. The molecule has 0 spiro atoms. The van der Waals surface area contributed by atoms with Gasteiger partial charge < -0.3 is 14.9 Å². The van der Waals surface area contributed by atoms with Gasteiger partial charge in [-0.2, -0.15) is 0 Å². The van der Waals surface area contributed by atoms with E-state index in [1.54, 1.807) is 13.0 Å². The number of nitrogens with zero attached hydrogens (tertiary/aromatic N) is 1. The number of phenols is 1. The molecule has 0 amide bonds. The average Bonchev–Trinajstić information content (AvgIpc) is 2.47. The first kappa shape index (κ1) is 20.6. The fourth-order valence-electron chi connectivity index (χ4n) is 1.26. The summed E-state index contributed by atoms with van der Waals surface area (Å²) in [4.78, 5) is 3.69. The average molecular weight is 367 g/mol. The maximum Gasteiger partial charge on any atom is 0.232 e. The number of benzene rings is 1. The molecule has 0 unspecified atom stereocenters. The summed E-state index contributed by atoms with van der Waals surface area (Å²) in [6.07, 6.45) is 1.27. The molecule has 0 radical (unpaired) electrons. The largest absolute Gasteiger partial charge is 0.506 e. The number of aromatic nitrogens is 1. The SMILES string of the molecule is CC.COc1ncc(O)cc1Cl.Cc1cc(Cl)cc(Cl)c1O. The minimum Gasteiger partial charge on any atom is -0.506 e. The summed E-state index contributed by atoms with van der Waals surface area (Å²) in [5.41, 5.74) is 0.692. The highest BCUT2D eigenvalue weighted by Crippen LogP contribution is 2.30. The Labute approximate surface area is 145 Å². The molecule has 1 aromatic heterocycles. The van der Waals surface area contributed by atoms with Crippen molar-refractivity contribution < 1.29 is 14.9 Å². The molecule has 0 aliphatic rings. The predicted molar refractivity (Wildman–Crippen MR) is 91.7 cm³/mol. The molecule has 22 heavy (non-hydrogen) atoms. The van der Waals surface area contributed by atoms with Crippen LogP contribution >= 0.6 is 34.8 Å². The Morgan fingerprint density at radius 3 is 2.05 bits per heavy atom. The van der Waals surface area contributed by atoms with Crippen LogP contribution in [-0.4, -0.2) is 22.3 Å². The first-order valence-corrected chi connectivity index (χ1v) is 7.51. The van der Waals surface area contributed by atoms with Gasteiger partial charge in [0.1, 0.15) is 16.5 Å². The van der Waals surface area contributed by atoms with Crippen LogP contribution in [0.1, 0.15) is 19.4 Å². The smallest absolute Gasteiger partial charge is 0.232 e. The van der Waals surface area contributed by atoms with Crippen molar-refractivity contribution in [3.8, 4) is 17.4 Å². The van der Waals surface area contributed by atoms with E-state index in [9.17, 15) is 0 Å². The Balaban J connectivity index is 0.000000360. The predicted octanol–water partition coefficient (Wildman–Crippen LogP) is 5.48. The van der Waals surface area contributed by atoms with Gasteiger partial charge in [-0.1, -0.05) is 48.7 Å². The minimum absolute atomic E-state index is 0.0331. The van der Waals surface area contributed by atoms with Crippen LogP contribution in [0.3, 0.4) is 0 Å². The highest BCUT2D eigenvalue weighted by molar-refractivity contribution is 6.35. The first-order valence-electron chi connectivity index (χ1n) is 6.38. The van der Waals surface area contributed by atoms with Gasteiger partial charge >= 0.3 is 0 Å². The van der Waals surface area contributed by atoms with Crippen molar-refractivity contribution in [1.29, 1.82) is 0 Å². The molecule has 2 N–H and O–H groups in total. The molecule has 0 aliphatic heterocycles. The Morgan fingerprint density at radius 1 is 1.00 bits per heavy atom. The minimum atomic E-state index is 0.0331. The molecule has 1 aromatic carbocycles. The standard InChI is InChI=1S/C7H6Cl2O.C6H6ClNO2.C2H6/c1-4-2-5(8)3-6(9)7(4)10;1-10-6-5(7)2-4(9)3-8-6;1-2/h2-3,10H,1H3;2-3,9H,1H3;1-2H3. The molecular formula is C15H18Cl3NO3. The highest BCUT2D eigenvalue weighted by Gasteiger charge is 2.02. The first-order chi connectivity index (χ1) is 10.3. The molecule has 0 bridgehead atoms. The number of halogens is 3. The van der Waals surface area contributed by atoms with E-state index in [-0.39, 0.29) is 11.5 Å². The maximum absolute atomic E-state index is 9.14. The van der Waals surface area contributed by atoms with Gasteiger partial charge in [-0.25, -0.2) is 4.98 Å². The van der Waals surface area contributed by atoms with E-state index in [0.717, 1.165) is 0 Å². The molecule has 1 heterocycles. The van der Waals surface area contributed by atoms with Crippen LogP contribution in [0.2, 0.25) is 15.1 Å². The summed E-state index contributed by atoms with van der Waals surface area (Å²) >= 11 is 16.8. The Kier molecular flexibility index (Phi) is 9.74. The molecule has 122 valence electrons. The second kappa shape index (κ2) is 10.4. The third-order valence-electron chi connectivity index (χ3n) is 2.21. The molecule has 2 aromatic rings. The molecule has 2 rings (SSSR count). The molecule has 0 fully saturated rings. The van der Waals surface area contributed by atoms with Crippen LogP contribution in [0.4, 0.5) is 0 Å². The number of methoxy groups -OCH3 is 1. The summed E-state index contributed by atoms with van der Waals surface area (Å²) in [5.74, 6) is 0.455. The zero-order chi connectivity index (χ0) is 17.3. The van der Waals surface area contributed by atoms with Crippen molar-refractivity contribution in [1.82, 2.24) is 4.98 Å². The van der Waals surface area contributed by atoms with E-state index < -0.39 is 0 Å². The summed E-state index contributed by atoms with van der Waals surface area (Å²) in [7, 11) is 1.46. The van der Waals surface area contributed by atoms with E-state index in [2.05, 4.69) is 4.98 Å². The number of hydrogen-bond donors (Lipinski definition) is 2. The van der Waals surface area contributed by atoms with Crippen LogP contribution in [0, 0.1) is 6.92 Å². The molecule has 0 atom stereocenters. The fourth-order valence-corrected chi connectivity index (χ4v) is 2.09. The Hall–Kier alpha value is -1.36. The van der Waals surface area contributed by atoms with Crippen LogP contribution in [0.15, 0.2) is 24.4 Å². The number of ether oxygens (including phenoxy) is 1. The van der Waals surface area contributed by atoms with Gasteiger partial charge in [0.05, 0.1) is 18.3 Å². The molecule has 0 saturated heterocycles. The van der Waals surface area contributed by atoms with Gasteiger partial charge in [0.15, 0.2) is 0 Å². The second-order valence-corrected chi connectivity index (χ2v) is 4.99. The summed E-state index contributed by atoms with van der Waals surface area (Å²) in [5, 5.41) is 19.1. The van der Waals surface area contributed by atoms with Gasteiger partial charge in [0, 0.05) is 11.1 Å². The topological polar surface area (TPSA) is 62.6 Å². The van der Waals surface area contributed by atoms with Crippen LogP contribution in [-0.2, 0) is 0 Å². The van der Waals surface area contributed by atoms with E-state index in [4.69, 9.17) is 49.8 Å². The summed E-state index contributed by atoms with van der Waals surface area (Å²) in [6.45, 7) is 5.74. The summed E-state index contributed by atoms with van der Waals surface area (Å²) < 4.78 is 4.75. The number of hydrogen-bond acceptors (Lipinski definition) is 4. The van der Waals surface area contributed by atoms with Crippen molar-refractivity contribution in [2.45, 2.75) is 20.8 Å². The Bertz CT molecular complexity index is 584. The van der Waals surface area contributed by atoms with Crippen LogP contribution in [0.5, 0.6) is 17.4 Å². The normalized spacial score (nSPS) is 9.05. The van der Waals surface area contributed by atoms with E-state index in [0.29, 0.717) is 26.5 Å². The monoisotopic (exact) mass is 365 g/mol. The maximum atomic E-state index is 9.14. The third kappa shape index (κ3) is 6.60. The van der Waals surface area contributed by atoms with E-state index in [1.165, 1.54) is 25.4 Å². The van der Waals surface area contributed by atoms with Gasteiger partial charge in [-0.05, 0) is 24.6 Å². The zero-order valence-corrected chi connectivity index (χ0v) is 15.0. The van der Waals surface area contributed by atoms with Crippen LogP contribution < -0.4 is 4.74 Å². The van der Waals surface area contributed by atoms with Gasteiger partial charge in [0.2, 0.25) is 5.88 Å². The molecule has 0 saturated carbocycles. The number of aromatic hydroxyl groups is 2. The molecule has 0 aliphatic carbocycles. The van der Waals surface area contributed by atoms with Crippen molar-refractivity contribution in [3.05, 3.63) is 45.0 Å². The third-order valence-corrected chi connectivity index (χ3v) is 2.98. The second-order valence-electron chi connectivity index (χ2n) is 3.74. The number of rotatable bonds is 1. The van der Waals surface area contributed by atoms with Gasteiger partial charge in [0.25, 0.3) is 0 Å². The lowest BCUT2D eigenvalue weighted by Gasteiger charge is -2.00. The van der Waals surface area contributed by atoms with Gasteiger partial charge in [-0.3, -0.25) is 0 Å². The van der Waals surface area contributed by atoms with Gasteiger partial charge in [-0.15, -0.1) is 0 Å². The van der Waals surface area contributed by atoms with Crippen molar-refractivity contribution in [2.24, 2.45) is 0 Å². The van der Waals surface area contributed by atoms with Crippen LogP contribution in [0.25, 0.3) is 0 Å². The molecular weight excluding hydrogens is 349 g/mol. The number of aryl methyl sites for hydroxylation is 1. The Morgan fingerprint density at radius 2 is 1.59 bits per heavy atom. The summed E-state index contributed by atoms with van der Waals surface area (Å²) in [6, 6.07) is 4.53. The van der Waals surface area contributed by atoms with Crippen molar-refractivity contribution in [3.63, 3.8) is 0 Å². The lowest BCUT2D eigenvalue weighted by atomic mass is 10.2. The molecule has 4 nitrogen and oxygen atoms in total. The van der Waals surface area contributed by atoms with Crippen molar-refractivity contribution in [2.75, 3.05) is 7.11 Å². The quantitative estimate of drug-likeness (QED) is 0.701. The lowest BCUT2D eigenvalue weighted by molar-refractivity contribution is 0.394. The lowest BCUT2D eigenvalue weighted by Crippen LogP contribution is -1.86. The van der Waals surface area contributed by atoms with Crippen molar-refractivity contribution >= 4 is 34.8 Å². The zero-order valence-electron chi connectivity index (χ0n) is 12.7. The number of phenolic OH excluding ortho intramolecular Hbond substituents is 1. The highest BCUT2D eigenvalue weighted by atomic mass is 35.5.